The summed E-state index contributed by atoms with van der Waals surface area (Å²) in [6.45, 7) is 11.9. The Morgan fingerprint density at radius 2 is 1.81 bits per heavy atom. The smallest absolute Gasteiger partial charge is 0.228 e. The molecule has 5 rings (SSSR count). The zero-order valence-electron chi connectivity index (χ0n) is 25.4. The second kappa shape index (κ2) is 14.0. The zero-order chi connectivity index (χ0) is 29.5. The topological polar surface area (TPSA) is 83.5 Å². The average molecular weight is 577 g/mol. The minimum atomic E-state index is 0.0985. The number of fused-ring (bicyclic) bond motifs is 1. The van der Waals surface area contributed by atoms with Gasteiger partial charge in [0.25, 0.3) is 0 Å². The first-order chi connectivity index (χ1) is 20.5. The summed E-state index contributed by atoms with van der Waals surface area (Å²) in [4.78, 5) is 26.1. The van der Waals surface area contributed by atoms with Crippen LogP contribution in [0.5, 0.6) is 17.2 Å². The highest BCUT2D eigenvalue weighted by atomic mass is 16.5. The lowest BCUT2D eigenvalue weighted by molar-refractivity contribution is -0.110. The number of hydrazine groups is 1. The van der Waals surface area contributed by atoms with Crippen molar-refractivity contribution in [2.24, 2.45) is 0 Å². The molecule has 0 saturated carbocycles. The normalized spacial score (nSPS) is 18.3. The highest BCUT2D eigenvalue weighted by Crippen LogP contribution is 2.35. The molecule has 1 unspecified atom stereocenters. The molecule has 1 amide bonds. The Labute approximate surface area is 249 Å². The first-order valence-electron chi connectivity index (χ1n) is 15.2. The first kappa shape index (κ1) is 29.8. The van der Waals surface area contributed by atoms with Gasteiger partial charge in [-0.1, -0.05) is 6.42 Å². The number of piperazine rings is 1. The number of carbonyl (C=O) groups is 1. The molecule has 3 heterocycles. The van der Waals surface area contributed by atoms with Crippen LogP contribution >= 0.6 is 0 Å². The molecule has 1 aromatic heterocycles. The lowest BCUT2D eigenvalue weighted by atomic mass is 10.0. The van der Waals surface area contributed by atoms with Gasteiger partial charge in [0.05, 0.1) is 31.0 Å². The molecule has 0 spiro atoms. The van der Waals surface area contributed by atoms with Gasteiger partial charge in [-0.05, 0) is 76.9 Å². The van der Waals surface area contributed by atoms with Gasteiger partial charge in [-0.3, -0.25) is 4.79 Å². The molecule has 10 nitrogen and oxygen atoms in total. The molecular formula is C32H44N6O4. The monoisotopic (exact) mass is 576 g/mol. The van der Waals surface area contributed by atoms with Crippen LogP contribution in [-0.2, 0) is 4.79 Å². The van der Waals surface area contributed by atoms with E-state index in [0.717, 1.165) is 47.5 Å². The molecule has 1 atom stereocenters. The summed E-state index contributed by atoms with van der Waals surface area (Å²) in [6.07, 6.45) is 7.46. The Balaban J connectivity index is 1.22. The summed E-state index contributed by atoms with van der Waals surface area (Å²) in [5.41, 5.74) is 1.63. The largest absolute Gasteiger partial charge is 0.493 e. The number of carbonyl (C=O) groups excluding carboxylic acids is 1. The van der Waals surface area contributed by atoms with Gasteiger partial charge in [-0.15, -0.1) is 0 Å². The van der Waals surface area contributed by atoms with Gasteiger partial charge < -0.3 is 24.0 Å². The first-order valence-corrected chi connectivity index (χ1v) is 15.2. The SMILES string of the molecule is COc1cc2c(N3CCN(N(C=O)c4ccc(OC(C)C)cc4)CC3)ncnc2cc1OCCCN1CCCCC1C. The van der Waals surface area contributed by atoms with Crippen molar-refractivity contribution in [1.29, 1.82) is 0 Å². The molecule has 2 aliphatic heterocycles. The van der Waals surface area contributed by atoms with Crippen LogP contribution in [0.3, 0.4) is 0 Å². The van der Waals surface area contributed by atoms with Gasteiger partial charge in [-0.25, -0.2) is 20.0 Å². The summed E-state index contributed by atoms with van der Waals surface area (Å²) in [5.74, 6) is 3.03. The fourth-order valence-corrected chi connectivity index (χ4v) is 5.88. The number of ether oxygens (including phenoxy) is 3. The van der Waals surface area contributed by atoms with Gasteiger partial charge in [0.2, 0.25) is 6.41 Å². The van der Waals surface area contributed by atoms with Crippen molar-refractivity contribution in [3.8, 4) is 17.2 Å². The second-order valence-electron chi connectivity index (χ2n) is 11.4. The standard InChI is InChI=1S/C32H44N6O4/c1-24(2)42-27-11-9-26(10-12-27)38(23-39)37-17-15-36(16-18-37)32-28-20-30(40-4)31(21-29(28)33-22-34-32)41-19-7-14-35-13-6-5-8-25(35)3/h9-12,20-25H,5-8,13-19H2,1-4H3. The van der Waals surface area contributed by atoms with Gasteiger partial charge >= 0.3 is 0 Å². The number of rotatable bonds is 12. The Hall–Kier alpha value is -3.63. The van der Waals surface area contributed by atoms with Crippen LogP contribution in [0.1, 0.15) is 46.5 Å². The highest BCUT2D eigenvalue weighted by molar-refractivity contribution is 5.92. The molecule has 2 fully saturated rings. The van der Waals surface area contributed by atoms with Crippen LogP contribution in [0.4, 0.5) is 11.5 Å². The van der Waals surface area contributed by atoms with E-state index in [0.29, 0.717) is 50.3 Å². The molecule has 2 aliphatic rings. The van der Waals surface area contributed by atoms with E-state index in [2.05, 4.69) is 31.7 Å². The second-order valence-corrected chi connectivity index (χ2v) is 11.4. The maximum atomic E-state index is 12.1. The number of hydrogen-bond donors (Lipinski definition) is 0. The lowest BCUT2D eigenvalue weighted by Gasteiger charge is -2.40. The van der Waals surface area contributed by atoms with E-state index in [1.54, 1.807) is 18.4 Å². The molecule has 2 saturated heterocycles. The molecule has 3 aromatic rings. The molecule has 42 heavy (non-hydrogen) atoms. The number of methoxy groups -OCH3 is 1. The maximum absolute atomic E-state index is 12.1. The minimum absolute atomic E-state index is 0.0985. The maximum Gasteiger partial charge on any atom is 0.228 e. The number of aromatic nitrogens is 2. The summed E-state index contributed by atoms with van der Waals surface area (Å²) >= 11 is 0. The number of benzene rings is 2. The van der Waals surface area contributed by atoms with E-state index in [1.807, 2.05) is 50.2 Å². The predicted octanol–water partition coefficient (Wildman–Crippen LogP) is 4.77. The summed E-state index contributed by atoms with van der Waals surface area (Å²) in [5, 5.41) is 4.65. The van der Waals surface area contributed by atoms with Gasteiger partial charge in [-0.2, -0.15) is 0 Å². The molecule has 10 heteroatoms. The number of likely N-dealkylation sites (tertiary alicyclic amines) is 1. The third-order valence-electron chi connectivity index (χ3n) is 8.12. The molecule has 0 bridgehead atoms. The summed E-state index contributed by atoms with van der Waals surface area (Å²) < 4.78 is 17.7. The van der Waals surface area contributed by atoms with Crippen LogP contribution in [-0.4, -0.2) is 91.4 Å². The van der Waals surface area contributed by atoms with Crippen LogP contribution in [0.25, 0.3) is 10.9 Å². The van der Waals surface area contributed by atoms with Crippen molar-refractivity contribution in [3.63, 3.8) is 0 Å². The number of piperidine rings is 1. The number of hydrogen-bond acceptors (Lipinski definition) is 9. The molecule has 2 aromatic carbocycles. The fourth-order valence-electron chi connectivity index (χ4n) is 5.88. The third kappa shape index (κ3) is 7.04. The summed E-state index contributed by atoms with van der Waals surface area (Å²) in [6, 6.07) is 12.2. The Bertz CT molecular complexity index is 1310. The predicted molar refractivity (Wildman–Crippen MR) is 166 cm³/mol. The Kier molecular flexibility index (Phi) is 9.97. The van der Waals surface area contributed by atoms with Crippen LogP contribution < -0.4 is 24.1 Å². The van der Waals surface area contributed by atoms with E-state index in [1.165, 1.54) is 25.8 Å². The van der Waals surface area contributed by atoms with Crippen molar-refractivity contribution in [1.82, 2.24) is 19.9 Å². The van der Waals surface area contributed by atoms with E-state index in [-0.39, 0.29) is 6.10 Å². The van der Waals surface area contributed by atoms with Gasteiger partial charge in [0.15, 0.2) is 11.5 Å². The van der Waals surface area contributed by atoms with Crippen molar-refractivity contribution in [2.75, 3.05) is 62.9 Å². The third-order valence-corrected chi connectivity index (χ3v) is 8.12. The van der Waals surface area contributed by atoms with Gasteiger partial charge in [0.1, 0.15) is 17.9 Å². The molecule has 0 N–H and O–H groups in total. The van der Waals surface area contributed by atoms with E-state index in [4.69, 9.17) is 14.2 Å². The molecule has 226 valence electrons. The summed E-state index contributed by atoms with van der Waals surface area (Å²) in [7, 11) is 1.67. The molecular weight excluding hydrogens is 532 g/mol. The number of nitrogens with zero attached hydrogens (tertiary/aromatic N) is 6. The average Bonchev–Trinajstić information content (AvgIpc) is 3.00. The van der Waals surface area contributed by atoms with Crippen LogP contribution in [0, 0.1) is 0 Å². The van der Waals surface area contributed by atoms with E-state index in [9.17, 15) is 4.79 Å². The lowest BCUT2D eigenvalue weighted by Crippen LogP contribution is -2.54. The quantitative estimate of drug-likeness (QED) is 0.224. The molecule has 0 radical (unpaired) electrons. The van der Waals surface area contributed by atoms with Crippen molar-refractivity contribution < 1.29 is 19.0 Å². The van der Waals surface area contributed by atoms with E-state index < -0.39 is 0 Å². The molecule has 0 aliphatic carbocycles. The van der Waals surface area contributed by atoms with Crippen LogP contribution in [0.2, 0.25) is 0 Å². The van der Waals surface area contributed by atoms with Crippen molar-refractivity contribution in [3.05, 3.63) is 42.7 Å². The minimum Gasteiger partial charge on any atom is -0.493 e. The zero-order valence-corrected chi connectivity index (χ0v) is 25.4. The highest BCUT2D eigenvalue weighted by Gasteiger charge is 2.25. The fraction of sp³-hybridized carbons (Fsp3) is 0.531. The Morgan fingerprint density at radius 1 is 1.02 bits per heavy atom. The number of anilines is 2. The Morgan fingerprint density at radius 3 is 2.50 bits per heavy atom. The van der Waals surface area contributed by atoms with E-state index >= 15 is 0 Å². The number of amides is 1. The van der Waals surface area contributed by atoms with Crippen molar-refractivity contribution >= 4 is 28.8 Å². The van der Waals surface area contributed by atoms with Gasteiger partial charge in [0, 0.05) is 50.2 Å². The van der Waals surface area contributed by atoms with Crippen LogP contribution in [0.15, 0.2) is 42.7 Å². The van der Waals surface area contributed by atoms with Crippen molar-refractivity contribution in [2.45, 2.75) is 58.6 Å².